The van der Waals surface area contributed by atoms with Gasteiger partial charge < -0.3 is 20.1 Å². The Bertz CT molecular complexity index is 473. The van der Waals surface area contributed by atoms with Gasteiger partial charge in [0.05, 0.1) is 13.2 Å². The van der Waals surface area contributed by atoms with Crippen molar-refractivity contribution in [1.29, 1.82) is 0 Å². The van der Waals surface area contributed by atoms with Gasteiger partial charge in [0.2, 0.25) is 11.1 Å². The number of carbonyl (C=O) groups excluding carboxylic acids is 4. The molecule has 0 aliphatic carbocycles. The van der Waals surface area contributed by atoms with E-state index in [1.165, 1.54) is 0 Å². The standard InChI is InChI=1S/C14H20N2O6/c1-3-7-21-11(19)13-5-6-14(10(18)15-13,16-9(13)17)12(20)22-8-4-2/h3-8H2,1-2H3,(H,15,18)(H,16,17)/t13-,14-/m1/s1. The first-order chi connectivity index (χ1) is 10.4. The lowest BCUT2D eigenvalue weighted by Gasteiger charge is -2.48. The number of carbonyl (C=O) groups is 4. The van der Waals surface area contributed by atoms with Crippen LogP contribution in [0, 0.1) is 0 Å². The van der Waals surface area contributed by atoms with Gasteiger partial charge in [-0.1, -0.05) is 13.8 Å². The summed E-state index contributed by atoms with van der Waals surface area (Å²) in [5.74, 6) is -3.05. The zero-order chi connectivity index (χ0) is 16.4. The normalized spacial score (nSPS) is 29.5. The maximum atomic E-state index is 12.3. The fourth-order valence-electron chi connectivity index (χ4n) is 2.57. The minimum atomic E-state index is -1.74. The van der Waals surface area contributed by atoms with Gasteiger partial charge in [0.15, 0.2) is 0 Å². The molecule has 22 heavy (non-hydrogen) atoms. The number of esters is 2. The third kappa shape index (κ3) is 2.32. The molecule has 2 N–H and O–H groups in total. The van der Waals surface area contributed by atoms with Gasteiger partial charge in [-0.3, -0.25) is 9.59 Å². The summed E-state index contributed by atoms with van der Waals surface area (Å²) in [6, 6.07) is 0. The zero-order valence-electron chi connectivity index (χ0n) is 12.7. The number of ether oxygens (including phenoxy) is 2. The Morgan fingerprint density at radius 2 is 1.27 bits per heavy atom. The highest BCUT2D eigenvalue weighted by Gasteiger charge is 2.67. The van der Waals surface area contributed by atoms with Crippen LogP contribution in [-0.2, 0) is 28.7 Å². The third-order valence-electron chi connectivity index (χ3n) is 3.88. The van der Waals surface area contributed by atoms with Crippen LogP contribution in [0.15, 0.2) is 0 Å². The average molecular weight is 312 g/mol. The van der Waals surface area contributed by atoms with Gasteiger partial charge in [-0.15, -0.1) is 0 Å². The Morgan fingerprint density at radius 1 is 0.909 bits per heavy atom. The molecule has 3 fully saturated rings. The molecule has 3 aliphatic heterocycles. The lowest BCUT2D eigenvalue weighted by Crippen LogP contribution is -2.83. The highest BCUT2D eigenvalue weighted by molar-refractivity contribution is 6.22. The molecule has 2 atom stereocenters. The molecule has 0 unspecified atom stereocenters. The number of amides is 2. The van der Waals surface area contributed by atoms with E-state index in [-0.39, 0.29) is 26.1 Å². The van der Waals surface area contributed by atoms with Crippen LogP contribution < -0.4 is 10.6 Å². The number of hydrogen-bond acceptors (Lipinski definition) is 6. The summed E-state index contributed by atoms with van der Waals surface area (Å²) in [5, 5.41) is 4.72. The van der Waals surface area contributed by atoms with Crippen molar-refractivity contribution in [1.82, 2.24) is 10.6 Å². The second kappa shape index (κ2) is 5.94. The van der Waals surface area contributed by atoms with E-state index in [4.69, 9.17) is 9.47 Å². The topological polar surface area (TPSA) is 111 Å². The summed E-state index contributed by atoms with van der Waals surface area (Å²) in [7, 11) is 0. The number of rotatable bonds is 6. The lowest BCUT2D eigenvalue weighted by molar-refractivity contribution is -0.177. The Kier molecular flexibility index (Phi) is 4.39. The molecule has 0 radical (unpaired) electrons. The van der Waals surface area contributed by atoms with Gasteiger partial charge >= 0.3 is 11.9 Å². The second-order valence-corrected chi connectivity index (χ2v) is 5.49. The van der Waals surface area contributed by atoms with Gasteiger partial charge in [0, 0.05) is 0 Å². The first-order valence-corrected chi connectivity index (χ1v) is 7.42. The Morgan fingerprint density at radius 3 is 1.55 bits per heavy atom. The van der Waals surface area contributed by atoms with E-state index in [0.717, 1.165) is 0 Å². The molecule has 0 aromatic rings. The van der Waals surface area contributed by atoms with Crippen LogP contribution >= 0.6 is 0 Å². The molecule has 3 saturated heterocycles. The molecule has 0 aromatic carbocycles. The van der Waals surface area contributed by atoms with Crippen LogP contribution in [0.4, 0.5) is 0 Å². The molecule has 2 bridgehead atoms. The molecule has 122 valence electrons. The fraction of sp³-hybridized carbons (Fsp3) is 0.714. The van der Waals surface area contributed by atoms with Gasteiger partial charge in [0.25, 0.3) is 11.8 Å². The van der Waals surface area contributed by atoms with E-state index in [1.54, 1.807) is 0 Å². The summed E-state index contributed by atoms with van der Waals surface area (Å²) < 4.78 is 9.99. The van der Waals surface area contributed by atoms with Crippen molar-refractivity contribution in [3.05, 3.63) is 0 Å². The van der Waals surface area contributed by atoms with E-state index in [9.17, 15) is 19.2 Å². The van der Waals surface area contributed by atoms with Gasteiger partial charge in [-0.2, -0.15) is 0 Å². The van der Waals surface area contributed by atoms with Crippen molar-refractivity contribution < 1.29 is 28.7 Å². The van der Waals surface area contributed by atoms with Crippen LogP contribution in [0.5, 0.6) is 0 Å². The maximum Gasteiger partial charge on any atom is 0.341 e. The summed E-state index contributed by atoms with van der Waals surface area (Å²) in [4.78, 5) is 48.8. The van der Waals surface area contributed by atoms with Crippen LogP contribution in [0.1, 0.15) is 39.5 Å². The lowest BCUT2D eigenvalue weighted by atomic mass is 9.73. The van der Waals surface area contributed by atoms with Gasteiger partial charge in [0.1, 0.15) is 0 Å². The highest BCUT2D eigenvalue weighted by atomic mass is 16.5. The summed E-state index contributed by atoms with van der Waals surface area (Å²) >= 11 is 0. The van der Waals surface area contributed by atoms with E-state index < -0.39 is 34.8 Å². The van der Waals surface area contributed by atoms with Crippen molar-refractivity contribution in [3.63, 3.8) is 0 Å². The molecule has 3 aliphatic rings. The Balaban J connectivity index is 2.20. The zero-order valence-corrected chi connectivity index (χ0v) is 12.7. The largest absolute Gasteiger partial charge is 0.464 e. The molecule has 2 amide bonds. The van der Waals surface area contributed by atoms with E-state index in [2.05, 4.69) is 10.6 Å². The predicted octanol–water partition coefficient (Wildman–Crippen LogP) is -0.590. The van der Waals surface area contributed by atoms with E-state index >= 15 is 0 Å². The van der Waals surface area contributed by atoms with Crippen molar-refractivity contribution in [2.24, 2.45) is 0 Å². The molecular formula is C14H20N2O6. The maximum absolute atomic E-state index is 12.3. The summed E-state index contributed by atoms with van der Waals surface area (Å²) in [6.07, 6.45) is 1.22. The van der Waals surface area contributed by atoms with Crippen LogP contribution in [0.2, 0.25) is 0 Å². The van der Waals surface area contributed by atoms with Gasteiger partial charge in [-0.25, -0.2) is 9.59 Å². The fourth-order valence-corrected chi connectivity index (χ4v) is 2.57. The summed E-state index contributed by atoms with van der Waals surface area (Å²) in [6.45, 7) is 3.96. The quantitative estimate of drug-likeness (QED) is 0.501. The molecule has 0 aromatic heterocycles. The molecule has 3 heterocycles. The first kappa shape index (κ1) is 16.3. The Labute approximate surface area is 127 Å². The van der Waals surface area contributed by atoms with Crippen LogP contribution in [0.3, 0.4) is 0 Å². The number of piperidine rings is 2. The number of hydrogen-bond donors (Lipinski definition) is 2. The smallest absolute Gasteiger partial charge is 0.341 e. The molecule has 0 spiro atoms. The number of fused-ring (bicyclic) bond motifs is 3. The van der Waals surface area contributed by atoms with Crippen molar-refractivity contribution in [2.45, 2.75) is 50.6 Å². The van der Waals surface area contributed by atoms with Crippen molar-refractivity contribution in [2.75, 3.05) is 13.2 Å². The van der Waals surface area contributed by atoms with E-state index in [0.29, 0.717) is 12.8 Å². The average Bonchev–Trinajstić information content (AvgIpc) is 2.51. The minimum Gasteiger partial charge on any atom is -0.464 e. The predicted molar refractivity (Wildman–Crippen MR) is 73.5 cm³/mol. The number of piperazine rings is 1. The van der Waals surface area contributed by atoms with Crippen LogP contribution in [0.25, 0.3) is 0 Å². The third-order valence-corrected chi connectivity index (χ3v) is 3.88. The Hall–Kier alpha value is -2.12. The summed E-state index contributed by atoms with van der Waals surface area (Å²) in [5.41, 5.74) is -3.47. The first-order valence-electron chi connectivity index (χ1n) is 7.42. The van der Waals surface area contributed by atoms with Gasteiger partial charge in [-0.05, 0) is 25.7 Å². The van der Waals surface area contributed by atoms with E-state index in [1.807, 2.05) is 13.8 Å². The van der Waals surface area contributed by atoms with Crippen molar-refractivity contribution in [3.8, 4) is 0 Å². The highest BCUT2D eigenvalue weighted by Crippen LogP contribution is 2.35. The van der Waals surface area contributed by atoms with Crippen LogP contribution in [-0.4, -0.2) is 48.0 Å². The molecule has 8 heteroatoms. The second-order valence-electron chi connectivity index (χ2n) is 5.49. The molecular weight excluding hydrogens is 292 g/mol. The minimum absolute atomic E-state index is 0.00828. The molecule has 3 rings (SSSR count). The SMILES string of the molecule is CCCOC(=O)[C@@]12CC[C@@](C(=O)OCCC)(NC1=O)C(=O)N2. The molecule has 0 saturated carbocycles. The number of nitrogens with one attached hydrogen (secondary N) is 2. The monoisotopic (exact) mass is 312 g/mol. The van der Waals surface area contributed by atoms with Crippen molar-refractivity contribution >= 4 is 23.8 Å². The molecule has 8 nitrogen and oxygen atoms in total.